The molecule has 0 aliphatic heterocycles. The lowest BCUT2D eigenvalue weighted by molar-refractivity contribution is 0.215. The number of fused-ring (bicyclic) bond motifs is 1. The average Bonchev–Trinajstić information content (AvgIpc) is 2.59. The molecule has 0 aromatic heterocycles. The van der Waals surface area contributed by atoms with Crippen LogP contribution in [0.25, 0.3) is 0 Å². The highest BCUT2D eigenvalue weighted by atomic mass is 16.5. The number of benzene rings is 2. The van der Waals surface area contributed by atoms with Gasteiger partial charge in [-0.2, -0.15) is 0 Å². The van der Waals surface area contributed by atoms with Gasteiger partial charge in [0.1, 0.15) is 0 Å². The van der Waals surface area contributed by atoms with Crippen LogP contribution in [0.3, 0.4) is 0 Å². The van der Waals surface area contributed by atoms with Crippen LogP contribution < -0.4 is 0 Å². The summed E-state index contributed by atoms with van der Waals surface area (Å²) in [6.07, 6.45) is 2.07. The highest BCUT2D eigenvalue weighted by Crippen LogP contribution is 2.26. The number of para-hydroxylation sites is 1. The molecule has 2 aromatic rings. The van der Waals surface area contributed by atoms with Gasteiger partial charge in [0.25, 0.3) is 0 Å². The molecular weight excluding hydrogens is 270 g/mol. The Bertz CT molecular complexity index is 642. The fraction of sp³-hybridized carbons (Fsp3) is 0.250. The molecule has 22 heavy (non-hydrogen) atoms. The number of hydrogen-bond donors (Lipinski definition) is 0. The smallest absolute Gasteiger partial charge is 0.0738 e. The zero-order valence-electron chi connectivity index (χ0n) is 13.4. The van der Waals surface area contributed by atoms with Gasteiger partial charge in [0.05, 0.1) is 11.4 Å². The monoisotopic (exact) mass is 293 g/mol. The molecule has 0 heterocycles. The van der Waals surface area contributed by atoms with Crippen molar-refractivity contribution in [1.82, 2.24) is 0 Å². The van der Waals surface area contributed by atoms with Gasteiger partial charge in [-0.1, -0.05) is 49.0 Å². The zero-order chi connectivity index (χ0) is 15.8. The van der Waals surface area contributed by atoms with Crippen LogP contribution in [0.4, 0.5) is 5.69 Å². The van der Waals surface area contributed by atoms with E-state index in [0.29, 0.717) is 0 Å². The van der Waals surface area contributed by atoms with Crippen molar-refractivity contribution in [2.75, 3.05) is 13.7 Å². The number of allylic oxidation sites excluding steroid dienone is 1. The molecule has 0 radical (unpaired) electrons. The predicted molar refractivity (Wildman–Crippen MR) is 94.1 cm³/mol. The van der Waals surface area contributed by atoms with Gasteiger partial charge in [-0.15, -0.1) is 0 Å². The highest BCUT2D eigenvalue weighted by Gasteiger charge is 2.17. The fourth-order valence-electron chi connectivity index (χ4n) is 2.33. The third-order valence-electron chi connectivity index (χ3n) is 3.59. The summed E-state index contributed by atoms with van der Waals surface area (Å²) in [6, 6.07) is 18.6. The van der Waals surface area contributed by atoms with Crippen molar-refractivity contribution < 1.29 is 4.74 Å². The lowest BCUT2D eigenvalue weighted by Gasteiger charge is -2.20. The third-order valence-corrected chi connectivity index (χ3v) is 3.59. The Hall–Kier alpha value is -2.19. The van der Waals surface area contributed by atoms with Crippen LogP contribution in [-0.4, -0.2) is 19.4 Å². The van der Waals surface area contributed by atoms with Gasteiger partial charge in [0, 0.05) is 19.3 Å². The van der Waals surface area contributed by atoms with Crippen molar-refractivity contribution in [3.8, 4) is 0 Å². The van der Waals surface area contributed by atoms with Gasteiger partial charge in [-0.3, -0.25) is 0 Å². The lowest BCUT2D eigenvalue weighted by Crippen LogP contribution is -2.14. The average molecular weight is 293 g/mol. The molecule has 0 unspecified atom stereocenters. The Morgan fingerprint density at radius 2 is 1.64 bits per heavy atom. The molecule has 3 rings (SSSR count). The van der Waals surface area contributed by atoms with Gasteiger partial charge in [-0.05, 0) is 43.0 Å². The Balaban J connectivity index is 0.000000396. The first kappa shape index (κ1) is 16.2. The Morgan fingerprint density at radius 1 is 1.00 bits per heavy atom. The summed E-state index contributed by atoms with van der Waals surface area (Å²) >= 11 is 0. The van der Waals surface area contributed by atoms with Crippen LogP contribution >= 0.6 is 0 Å². The zero-order valence-corrected chi connectivity index (χ0v) is 13.4. The molecular formula is C20H23NO. The Morgan fingerprint density at radius 3 is 2.32 bits per heavy atom. The van der Waals surface area contributed by atoms with E-state index in [-0.39, 0.29) is 0 Å². The van der Waals surface area contributed by atoms with Crippen molar-refractivity contribution in [2.24, 2.45) is 4.99 Å². The molecule has 0 bridgehead atoms. The van der Waals surface area contributed by atoms with Crippen LogP contribution in [0.15, 0.2) is 71.7 Å². The summed E-state index contributed by atoms with van der Waals surface area (Å²) in [5.41, 5.74) is 5.78. The van der Waals surface area contributed by atoms with Crippen LogP contribution in [0, 0.1) is 0 Å². The molecule has 1 aliphatic carbocycles. The number of aryl methyl sites for hydroxylation is 1. The molecule has 0 amide bonds. The maximum absolute atomic E-state index is 4.76. The minimum absolute atomic E-state index is 0.819. The number of rotatable bonds is 2. The SMILES string of the molecule is C=C1CCc2ccccc2C1=Nc1ccccc1.CCOC. The third kappa shape index (κ3) is 4.15. The molecule has 2 aromatic carbocycles. The standard InChI is InChI=1S/C17H15N.C3H8O/c1-13-11-12-14-7-5-6-10-16(14)17(13)18-15-8-3-2-4-9-15;1-3-4-2/h2-10H,1,11-12H2;3H2,1-2H3. The quantitative estimate of drug-likeness (QED) is 0.766. The Kier molecular flexibility index (Phi) is 6.11. The summed E-state index contributed by atoms with van der Waals surface area (Å²) in [4.78, 5) is 4.76. The first-order chi connectivity index (χ1) is 10.8. The van der Waals surface area contributed by atoms with E-state index in [1.54, 1.807) is 7.11 Å². The normalized spacial score (nSPS) is 15.0. The lowest BCUT2D eigenvalue weighted by atomic mass is 9.87. The predicted octanol–water partition coefficient (Wildman–Crippen LogP) is 4.96. The minimum atomic E-state index is 0.819. The molecule has 2 nitrogen and oxygen atoms in total. The molecule has 2 heteroatoms. The molecule has 0 saturated carbocycles. The number of nitrogens with zero attached hydrogens (tertiary/aromatic N) is 1. The highest BCUT2D eigenvalue weighted by molar-refractivity contribution is 6.15. The minimum Gasteiger partial charge on any atom is -0.385 e. The van der Waals surface area contributed by atoms with E-state index < -0.39 is 0 Å². The van der Waals surface area contributed by atoms with Crippen molar-refractivity contribution in [2.45, 2.75) is 19.8 Å². The van der Waals surface area contributed by atoms with E-state index in [1.807, 2.05) is 37.3 Å². The molecule has 114 valence electrons. The van der Waals surface area contributed by atoms with E-state index in [0.717, 1.165) is 36.4 Å². The van der Waals surface area contributed by atoms with Crippen molar-refractivity contribution in [3.05, 3.63) is 77.9 Å². The molecule has 0 saturated heterocycles. The molecule has 0 N–H and O–H groups in total. The summed E-state index contributed by atoms with van der Waals surface area (Å²) in [5.74, 6) is 0. The first-order valence-corrected chi connectivity index (χ1v) is 7.65. The number of aliphatic imine (C=N–C) groups is 1. The van der Waals surface area contributed by atoms with Crippen molar-refractivity contribution >= 4 is 11.4 Å². The van der Waals surface area contributed by atoms with Crippen LogP contribution in [0.1, 0.15) is 24.5 Å². The van der Waals surface area contributed by atoms with E-state index in [9.17, 15) is 0 Å². The largest absolute Gasteiger partial charge is 0.385 e. The Labute approximate surface area is 133 Å². The van der Waals surface area contributed by atoms with E-state index in [1.165, 1.54) is 11.1 Å². The van der Waals surface area contributed by atoms with E-state index in [4.69, 9.17) is 4.99 Å². The van der Waals surface area contributed by atoms with Gasteiger partial charge >= 0.3 is 0 Å². The van der Waals surface area contributed by atoms with Gasteiger partial charge in [0.2, 0.25) is 0 Å². The maximum Gasteiger partial charge on any atom is 0.0738 e. The van der Waals surface area contributed by atoms with Crippen LogP contribution in [-0.2, 0) is 11.2 Å². The molecule has 0 atom stereocenters. The molecule has 0 fully saturated rings. The second kappa shape index (κ2) is 8.30. The number of hydrogen-bond acceptors (Lipinski definition) is 2. The first-order valence-electron chi connectivity index (χ1n) is 7.65. The maximum atomic E-state index is 4.76. The van der Waals surface area contributed by atoms with Gasteiger partial charge < -0.3 is 4.74 Å². The van der Waals surface area contributed by atoms with E-state index >= 15 is 0 Å². The second-order valence-electron chi connectivity index (χ2n) is 5.13. The summed E-state index contributed by atoms with van der Waals surface area (Å²) in [6.45, 7) is 6.94. The number of ether oxygens (including phenoxy) is 1. The second-order valence-corrected chi connectivity index (χ2v) is 5.13. The van der Waals surface area contributed by atoms with Crippen LogP contribution in [0.2, 0.25) is 0 Å². The topological polar surface area (TPSA) is 21.6 Å². The molecule has 1 aliphatic rings. The summed E-state index contributed by atoms with van der Waals surface area (Å²) < 4.78 is 4.54. The van der Waals surface area contributed by atoms with Gasteiger partial charge in [0.15, 0.2) is 0 Å². The van der Waals surface area contributed by atoms with E-state index in [2.05, 4.69) is 35.6 Å². The summed E-state index contributed by atoms with van der Waals surface area (Å²) in [7, 11) is 1.68. The summed E-state index contributed by atoms with van der Waals surface area (Å²) in [5, 5.41) is 0. The van der Waals surface area contributed by atoms with Crippen molar-refractivity contribution in [1.29, 1.82) is 0 Å². The molecule has 0 spiro atoms. The van der Waals surface area contributed by atoms with Gasteiger partial charge in [-0.25, -0.2) is 4.99 Å². The number of methoxy groups -OCH3 is 1. The fourth-order valence-corrected chi connectivity index (χ4v) is 2.33. The van der Waals surface area contributed by atoms with Crippen LogP contribution in [0.5, 0.6) is 0 Å². The van der Waals surface area contributed by atoms with Crippen molar-refractivity contribution in [3.63, 3.8) is 0 Å².